The molecule has 1 aromatic heterocycles. The van der Waals surface area contributed by atoms with Crippen LogP contribution in [0.1, 0.15) is 37.8 Å². The second-order valence-corrected chi connectivity index (χ2v) is 7.75. The second-order valence-electron chi connectivity index (χ2n) is 7.75. The lowest BCUT2D eigenvalue weighted by Gasteiger charge is -2.25. The van der Waals surface area contributed by atoms with Crippen LogP contribution in [0.4, 0.5) is 0 Å². The Morgan fingerprint density at radius 3 is 2.52 bits per heavy atom. The third-order valence-corrected chi connectivity index (χ3v) is 4.80. The lowest BCUT2D eigenvalue weighted by atomic mass is 10.1. The highest BCUT2D eigenvalue weighted by Gasteiger charge is 2.32. The van der Waals surface area contributed by atoms with Crippen molar-refractivity contribution in [2.45, 2.75) is 46.6 Å². The topological polar surface area (TPSA) is 70.8 Å². The van der Waals surface area contributed by atoms with Gasteiger partial charge in [0.2, 0.25) is 5.89 Å². The highest BCUT2D eigenvalue weighted by molar-refractivity contribution is 5.79. The molecule has 0 aliphatic heterocycles. The van der Waals surface area contributed by atoms with Crippen molar-refractivity contribution >= 4 is 5.97 Å². The Kier molecular flexibility index (Phi) is 7.00. The Bertz CT molecular complexity index is 1020. The third kappa shape index (κ3) is 5.66. The van der Waals surface area contributed by atoms with Crippen molar-refractivity contribution in [3.63, 3.8) is 0 Å². The van der Waals surface area contributed by atoms with Crippen LogP contribution in [0.2, 0.25) is 0 Å². The number of rotatable bonds is 9. The minimum Gasteiger partial charge on any atom is -0.493 e. The summed E-state index contributed by atoms with van der Waals surface area (Å²) in [6, 6.07) is 15.4. The molecule has 0 fully saturated rings. The van der Waals surface area contributed by atoms with Crippen LogP contribution in [0.3, 0.4) is 0 Å². The molecule has 3 aromatic rings. The van der Waals surface area contributed by atoms with Crippen molar-refractivity contribution in [2.24, 2.45) is 0 Å². The molecule has 0 N–H and O–H groups in total. The van der Waals surface area contributed by atoms with Crippen LogP contribution in [0.5, 0.6) is 11.5 Å². The predicted octanol–water partition coefficient (Wildman–Crippen LogP) is 5.30. The maximum atomic E-state index is 12.1. The van der Waals surface area contributed by atoms with Gasteiger partial charge in [0.1, 0.15) is 17.3 Å². The van der Waals surface area contributed by atoms with Crippen molar-refractivity contribution in [1.29, 1.82) is 0 Å². The van der Waals surface area contributed by atoms with Gasteiger partial charge in [0.25, 0.3) is 0 Å². The number of aryl methyl sites for hydroxylation is 2. The number of hydrogen-bond donors (Lipinski definition) is 0. The number of aromatic nitrogens is 1. The van der Waals surface area contributed by atoms with Crippen LogP contribution in [0.25, 0.3) is 11.5 Å². The smallest absolute Gasteiger partial charge is 0.349 e. The van der Waals surface area contributed by atoms with Gasteiger partial charge in [-0.1, -0.05) is 18.2 Å². The van der Waals surface area contributed by atoms with E-state index < -0.39 is 11.6 Å². The summed E-state index contributed by atoms with van der Waals surface area (Å²) in [6.45, 7) is 9.77. The van der Waals surface area contributed by atoms with Gasteiger partial charge in [-0.15, -0.1) is 0 Å². The van der Waals surface area contributed by atoms with E-state index in [1.807, 2.05) is 56.3 Å². The van der Waals surface area contributed by atoms with E-state index in [1.165, 1.54) is 0 Å². The van der Waals surface area contributed by atoms with Crippen LogP contribution in [0.15, 0.2) is 52.9 Å². The first-order valence-electron chi connectivity index (χ1n) is 10.4. The van der Waals surface area contributed by atoms with Crippen LogP contribution >= 0.6 is 0 Å². The molecule has 2 aromatic carbocycles. The SMILES string of the molecule is CCOC(=O)C(C)(C)Oc1ccc(OCCc2nc(-c3ccccc3)oc2C)cc1C. The molecule has 0 amide bonds. The molecular weight excluding hydrogens is 394 g/mol. The van der Waals surface area contributed by atoms with Crippen molar-refractivity contribution in [2.75, 3.05) is 13.2 Å². The lowest BCUT2D eigenvalue weighted by molar-refractivity contribution is -0.158. The average molecular weight is 424 g/mol. The van der Waals surface area contributed by atoms with E-state index in [1.54, 1.807) is 26.8 Å². The molecule has 0 unspecified atom stereocenters. The van der Waals surface area contributed by atoms with E-state index in [0.717, 1.165) is 28.3 Å². The van der Waals surface area contributed by atoms with Crippen molar-refractivity contribution in [3.05, 3.63) is 65.5 Å². The van der Waals surface area contributed by atoms with Gasteiger partial charge in [0.15, 0.2) is 5.60 Å². The Balaban J connectivity index is 1.59. The normalized spacial score (nSPS) is 11.3. The predicted molar refractivity (Wildman–Crippen MR) is 118 cm³/mol. The second kappa shape index (κ2) is 9.69. The Hall–Kier alpha value is -3.28. The number of nitrogens with zero attached hydrogens (tertiary/aromatic N) is 1. The van der Waals surface area contributed by atoms with Gasteiger partial charge in [-0.2, -0.15) is 0 Å². The van der Waals surface area contributed by atoms with Crippen molar-refractivity contribution < 1.29 is 23.4 Å². The Morgan fingerprint density at radius 2 is 1.84 bits per heavy atom. The van der Waals surface area contributed by atoms with Crippen molar-refractivity contribution in [1.82, 2.24) is 4.98 Å². The van der Waals surface area contributed by atoms with Gasteiger partial charge in [-0.05, 0) is 70.5 Å². The summed E-state index contributed by atoms with van der Waals surface area (Å²) >= 11 is 0. The minimum atomic E-state index is -1.07. The van der Waals surface area contributed by atoms with E-state index in [-0.39, 0.29) is 0 Å². The Morgan fingerprint density at radius 1 is 1.10 bits per heavy atom. The molecule has 0 aliphatic carbocycles. The van der Waals surface area contributed by atoms with Gasteiger partial charge < -0.3 is 18.6 Å². The molecule has 0 saturated carbocycles. The molecule has 0 saturated heterocycles. The fourth-order valence-electron chi connectivity index (χ4n) is 3.08. The zero-order valence-corrected chi connectivity index (χ0v) is 18.7. The summed E-state index contributed by atoms with van der Waals surface area (Å²) in [5.74, 6) is 2.36. The van der Waals surface area contributed by atoms with Crippen LogP contribution < -0.4 is 9.47 Å². The van der Waals surface area contributed by atoms with E-state index in [0.29, 0.717) is 31.3 Å². The van der Waals surface area contributed by atoms with Crippen molar-refractivity contribution in [3.8, 4) is 23.0 Å². The van der Waals surface area contributed by atoms with E-state index in [4.69, 9.17) is 18.6 Å². The van der Waals surface area contributed by atoms with Crippen LogP contribution in [0, 0.1) is 13.8 Å². The molecule has 0 bridgehead atoms. The molecule has 6 heteroatoms. The van der Waals surface area contributed by atoms with Gasteiger partial charge in [-0.25, -0.2) is 9.78 Å². The average Bonchev–Trinajstić information content (AvgIpc) is 3.11. The highest BCUT2D eigenvalue weighted by Crippen LogP contribution is 2.28. The number of esters is 1. The quantitative estimate of drug-likeness (QED) is 0.435. The number of carbonyl (C=O) groups is 1. The first-order chi connectivity index (χ1) is 14.8. The largest absolute Gasteiger partial charge is 0.493 e. The fourth-order valence-corrected chi connectivity index (χ4v) is 3.08. The molecule has 3 rings (SSSR count). The molecule has 0 atom stereocenters. The maximum Gasteiger partial charge on any atom is 0.349 e. The number of benzene rings is 2. The number of carbonyl (C=O) groups excluding carboxylic acids is 1. The van der Waals surface area contributed by atoms with E-state index in [9.17, 15) is 4.79 Å². The molecule has 31 heavy (non-hydrogen) atoms. The maximum absolute atomic E-state index is 12.1. The van der Waals surface area contributed by atoms with Gasteiger partial charge in [-0.3, -0.25) is 0 Å². The van der Waals surface area contributed by atoms with Gasteiger partial charge in [0.05, 0.1) is 18.9 Å². The highest BCUT2D eigenvalue weighted by atomic mass is 16.6. The fraction of sp³-hybridized carbons (Fsp3) is 0.360. The first kappa shape index (κ1) is 22.4. The monoisotopic (exact) mass is 423 g/mol. The molecule has 0 aliphatic rings. The first-order valence-corrected chi connectivity index (χ1v) is 10.4. The number of oxazole rings is 1. The Labute approximate surface area is 183 Å². The molecule has 164 valence electrons. The van der Waals surface area contributed by atoms with Crippen LogP contribution in [-0.4, -0.2) is 29.8 Å². The summed E-state index contributed by atoms with van der Waals surface area (Å²) in [5, 5.41) is 0. The van der Waals surface area contributed by atoms with Gasteiger partial charge in [0, 0.05) is 12.0 Å². The molecule has 6 nitrogen and oxygen atoms in total. The van der Waals surface area contributed by atoms with Gasteiger partial charge >= 0.3 is 5.97 Å². The summed E-state index contributed by atoms with van der Waals surface area (Å²) < 4.78 is 22.7. The lowest BCUT2D eigenvalue weighted by Crippen LogP contribution is -2.39. The summed E-state index contributed by atoms with van der Waals surface area (Å²) in [5.41, 5.74) is 1.64. The third-order valence-electron chi connectivity index (χ3n) is 4.80. The summed E-state index contributed by atoms with van der Waals surface area (Å²) in [6.07, 6.45) is 0.634. The minimum absolute atomic E-state index is 0.315. The number of ether oxygens (including phenoxy) is 3. The van der Waals surface area contributed by atoms with E-state index in [2.05, 4.69) is 4.98 Å². The molecule has 1 heterocycles. The summed E-state index contributed by atoms with van der Waals surface area (Å²) in [4.78, 5) is 16.7. The standard InChI is InChI=1S/C25H29NO5/c1-6-28-24(27)25(4,5)31-22-13-12-20(16-17(22)2)29-15-14-21-18(3)30-23(26-21)19-10-8-7-9-11-19/h7-13,16H,6,14-15H2,1-5H3. The molecular formula is C25H29NO5. The van der Waals surface area contributed by atoms with E-state index >= 15 is 0 Å². The zero-order chi connectivity index (χ0) is 22.4. The number of hydrogen-bond acceptors (Lipinski definition) is 6. The molecule has 0 radical (unpaired) electrons. The summed E-state index contributed by atoms with van der Waals surface area (Å²) in [7, 11) is 0. The zero-order valence-electron chi connectivity index (χ0n) is 18.7. The van der Waals surface area contributed by atoms with Crippen LogP contribution in [-0.2, 0) is 16.0 Å². The molecule has 0 spiro atoms.